The standard InChI is InChI=1S/C11H12F10N2O2/c1-2-24-9(16,10(17,18)19)11(20,21)25-7(12,5-8(13,14)15)6-22-3-4-23-6/h2-5H2,1H3,(H,22,23)/t7-,9-/m0/s1. The minimum absolute atomic E-state index is 0.278. The number of hydrogen-bond donors (Lipinski definition) is 1. The van der Waals surface area contributed by atoms with E-state index in [-0.39, 0.29) is 13.1 Å². The van der Waals surface area contributed by atoms with Crippen molar-refractivity contribution in [3.63, 3.8) is 0 Å². The Balaban J connectivity index is 3.28. The summed E-state index contributed by atoms with van der Waals surface area (Å²) in [5, 5.41) is 1.84. The van der Waals surface area contributed by atoms with Crippen molar-refractivity contribution in [3.05, 3.63) is 0 Å². The van der Waals surface area contributed by atoms with Gasteiger partial charge in [0.05, 0.1) is 6.54 Å². The molecule has 25 heavy (non-hydrogen) atoms. The molecule has 0 fully saturated rings. The summed E-state index contributed by atoms with van der Waals surface area (Å²) in [6, 6.07) is 0. The van der Waals surface area contributed by atoms with Gasteiger partial charge in [-0.3, -0.25) is 9.73 Å². The van der Waals surface area contributed by atoms with Gasteiger partial charge in [0.15, 0.2) is 5.84 Å². The number of aliphatic imine (C=N–C) groups is 1. The average Bonchev–Trinajstić information content (AvgIpc) is 2.88. The normalized spacial score (nSPS) is 21.3. The van der Waals surface area contributed by atoms with E-state index in [0.717, 1.165) is 0 Å². The van der Waals surface area contributed by atoms with Gasteiger partial charge >= 0.3 is 24.3 Å². The predicted molar refractivity (Wildman–Crippen MR) is 62.4 cm³/mol. The summed E-state index contributed by atoms with van der Waals surface area (Å²) in [6.07, 6.45) is -20.9. The molecule has 0 saturated carbocycles. The summed E-state index contributed by atoms with van der Waals surface area (Å²) in [7, 11) is 0. The number of nitrogens with zero attached hydrogens (tertiary/aromatic N) is 1. The van der Waals surface area contributed by atoms with Gasteiger partial charge in [-0.2, -0.15) is 39.5 Å². The number of alkyl halides is 10. The topological polar surface area (TPSA) is 42.9 Å². The highest BCUT2D eigenvalue weighted by molar-refractivity contribution is 5.90. The molecule has 0 amide bonds. The van der Waals surface area contributed by atoms with Crippen molar-refractivity contribution in [2.45, 2.75) is 43.5 Å². The monoisotopic (exact) mass is 394 g/mol. The molecular formula is C11H12F10N2O2. The first-order valence-electron chi connectivity index (χ1n) is 6.60. The summed E-state index contributed by atoms with van der Waals surface area (Å²) in [5.41, 5.74) is 0. The van der Waals surface area contributed by atoms with E-state index in [1.807, 2.05) is 5.32 Å². The lowest BCUT2D eigenvalue weighted by Crippen LogP contribution is -2.62. The Morgan fingerprint density at radius 1 is 1.00 bits per heavy atom. The molecular weight excluding hydrogens is 382 g/mol. The van der Waals surface area contributed by atoms with Crippen LogP contribution in [0.1, 0.15) is 13.3 Å². The predicted octanol–water partition coefficient (Wildman–Crippen LogP) is 3.48. The molecule has 0 radical (unpaired) electrons. The summed E-state index contributed by atoms with van der Waals surface area (Å²) in [5.74, 6) is -11.9. The van der Waals surface area contributed by atoms with Gasteiger partial charge in [0.25, 0.3) is 5.85 Å². The van der Waals surface area contributed by atoms with Crippen LogP contribution in [0.4, 0.5) is 43.9 Å². The van der Waals surface area contributed by atoms with Crippen molar-refractivity contribution >= 4 is 5.84 Å². The molecule has 1 N–H and O–H groups in total. The highest BCUT2D eigenvalue weighted by Gasteiger charge is 2.76. The molecule has 14 heteroatoms. The molecule has 1 rings (SSSR count). The summed E-state index contributed by atoms with van der Waals surface area (Å²) in [6.45, 7) is -1.18. The van der Waals surface area contributed by atoms with E-state index >= 15 is 0 Å². The fourth-order valence-electron chi connectivity index (χ4n) is 1.87. The number of hydrogen-bond acceptors (Lipinski definition) is 4. The zero-order valence-corrected chi connectivity index (χ0v) is 12.4. The van der Waals surface area contributed by atoms with Crippen LogP contribution in [0.2, 0.25) is 0 Å². The van der Waals surface area contributed by atoms with Crippen LogP contribution in [-0.2, 0) is 9.47 Å². The zero-order chi connectivity index (χ0) is 19.7. The molecule has 0 unspecified atom stereocenters. The molecule has 1 heterocycles. The summed E-state index contributed by atoms with van der Waals surface area (Å²) in [4.78, 5) is 3.09. The van der Waals surface area contributed by atoms with Crippen LogP contribution in [0.3, 0.4) is 0 Å². The number of ether oxygens (including phenoxy) is 2. The third-order valence-corrected chi connectivity index (χ3v) is 2.83. The van der Waals surface area contributed by atoms with Gasteiger partial charge in [0.2, 0.25) is 0 Å². The van der Waals surface area contributed by atoms with Crippen molar-refractivity contribution < 1.29 is 53.4 Å². The van der Waals surface area contributed by atoms with E-state index in [1.165, 1.54) is 0 Å². The Labute approximate surface area is 134 Å². The van der Waals surface area contributed by atoms with E-state index in [0.29, 0.717) is 6.92 Å². The van der Waals surface area contributed by atoms with Gasteiger partial charge in [-0.1, -0.05) is 0 Å². The SMILES string of the molecule is CCO[C@@](F)(C(F)(F)F)C(F)(F)O[C@@](F)(CC(F)(F)F)C1=NCCN1. The Morgan fingerprint density at radius 2 is 1.56 bits per heavy atom. The Kier molecular flexibility index (Phi) is 5.89. The molecule has 148 valence electrons. The lowest BCUT2D eigenvalue weighted by atomic mass is 10.1. The fourth-order valence-corrected chi connectivity index (χ4v) is 1.87. The minimum Gasteiger partial charge on any atom is -0.367 e. The highest BCUT2D eigenvalue weighted by Crippen LogP contribution is 2.49. The lowest BCUT2D eigenvalue weighted by molar-refractivity contribution is -0.478. The van der Waals surface area contributed by atoms with Gasteiger partial charge in [-0.25, -0.2) is 4.39 Å². The largest absolute Gasteiger partial charge is 0.457 e. The van der Waals surface area contributed by atoms with Crippen molar-refractivity contribution in [1.29, 1.82) is 0 Å². The molecule has 0 bridgehead atoms. The summed E-state index contributed by atoms with van der Waals surface area (Å²) < 4.78 is 137. The van der Waals surface area contributed by atoms with Gasteiger partial charge in [-0.15, -0.1) is 0 Å². The van der Waals surface area contributed by atoms with Crippen LogP contribution in [0, 0.1) is 0 Å². The van der Waals surface area contributed by atoms with E-state index < -0.39 is 49.0 Å². The molecule has 0 saturated heterocycles. The van der Waals surface area contributed by atoms with E-state index in [2.05, 4.69) is 14.5 Å². The maximum absolute atomic E-state index is 14.4. The van der Waals surface area contributed by atoms with Crippen LogP contribution in [0.5, 0.6) is 0 Å². The quantitative estimate of drug-likeness (QED) is 0.673. The lowest BCUT2D eigenvalue weighted by Gasteiger charge is -2.37. The average molecular weight is 394 g/mol. The van der Waals surface area contributed by atoms with E-state index in [1.54, 1.807) is 0 Å². The van der Waals surface area contributed by atoms with Crippen molar-refractivity contribution in [2.24, 2.45) is 4.99 Å². The smallest absolute Gasteiger partial charge is 0.367 e. The van der Waals surface area contributed by atoms with Gasteiger partial charge in [0.1, 0.15) is 6.42 Å². The Bertz CT molecular complexity index is 506. The Morgan fingerprint density at radius 3 is 1.92 bits per heavy atom. The third-order valence-electron chi connectivity index (χ3n) is 2.83. The van der Waals surface area contributed by atoms with E-state index in [4.69, 9.17) is 0 Å². The first-order chi connectivity index (χ1) is 11.1. The van der Waals surface area contributed by atoms with Gasteiger partial charge < -0.3 is 10.1 Å². The number of amidine groups is 1. The van der Waals surface area contributed by atoms with E-state index in [9.17, 15) is 43.9 Å². The Hall–Kier alpha value is -1.31. The highest BCUT2D eigenvalue weighted by atomic mass is 19.4. The fraction of sp³-hybridized carbons (Fsp3) is 0.909. The second kappa shape index (κ2) is 6.78. The molecule has 1 aliphatic heterocycles. The second-order valence-electron chi connectivity index (χ2n) is 4.82. The molecule has 4 nitrogen and oxygen atoms in total. The van der Waals surface area contributed by atoms with Crippen LogP contribution >= 0.6 is 0 Å². The molecule has 0 spiro atoms. The van der Waals surface area contributed by atoms with Crippen molar-refractivity contribution in [1.82, 2.24) is 5.32 Å². The zero-order valence-electron chi connectivity index (χ0n) is 12.4. The molecule has 1 aliphatic rings. The van der Waals surface area contributed by atoms with Crippen LogP contribution in [-0.4, -0.2) is 55.7 Å². The first kappa shape index (κ1) is 21.7. The molecule has 0 aromatic carbocycles. The second-order valence-corrected chi connectivity index (χ2v) is 4.82. The van der Waals surface area contributed by atoms with Crippen LogP contribution in [0.15, 0.2) is 4.99 Å². The maximum Gasteiger partial charge on any atom is 0.457 e. The third kappa shape index (κ3) is 4.65. The number of halogens is 10. The first-order valence-corrected chi connectivity index (χ1v) is 6.60. The number of rotatable bonds is 7. The van der Waals surface area contributed by atoms with Crippen molar-refractivity contribution in [3.8, 4) is 0 Å². The molecule has 0 aliphatic carbocycles. The number of nitrogens with one attached hydrogen (secondary N) is 1. The molecule has 2 atom stereocenters. The van der Waals surface area contributed by atoms with Crippen LogP contribution < -0.4 is 5.32 Å². The molecule has 0 aromatic heterocycles. The molecule has 0 aromatic rings. The van der Waals surface area contributed by atoms with Crippen LogP contribution in [0.25, 0.3) is 0 Å². The minimum atomic E-state index is -6.43. The van der Waals surface area contributed by atoms with Gasteiger partial charge in [-0.05, 0) is 6.92 Å². The summed E-state index contributed by atoms with van der Waals surface area (Å²) >= 11 is 0. The van der Waals surface area contributed by atoms with Gasteiger partial charge in [0, 0.05) is 13.2 Å². The maximum atomic E-state index is 14.4. The van der Waals surface area contributed by atoms with Crippen molar-refractivity contribution in [2.75, 3.05) is 19.7 Å².